The Bertz CT molecular complexity index is 1260. The zero-order valence-electron chi connectivity index (χ0n) is 19.7. The fraction of sp³-hybridized carbons (Fsp3) is 0.565. The number of hydrogen-bond acceptors (Lipinski definition) is 5. The summed E-state index contributed by atoms with van der Waals surface area (Å²) < 4.78 is 41.3. The Balaban J connectivity index is 1.73. The Kier molecular flexibility index (Phi) is 6.41. The van der Waals surface area contributed by atoms with E-state index < -0.39 is 47.5 Å². The molecule has 1 atom stereocenters. The number of alkyl halides is 3. The van der Waals surface area contributed by atoms with Crippen LogP contribution in [0.2, 0.25) is 0 Å². The van der Waals surface area contributed by atoms with Crippen molar-refractivity contribution in [1.29, 1.82) is 0 Å². The number of nitrogens with zero attached hydrogens (tertiary/aromatic N) is 4. The maximum Gasteiger partial charge on any atom is 0.393 e. The summed E-state index contributed by atoms with van der Waals surface area (Å²) >= 11 is 0. The summed E-state index contributed by atoms with van der Waals surface area (Å²) in [5, 5.41) is 17.8. The number of nitrogens with one attached hydrogen (secondary N) is 1. The summed E-state index contributed by atoms with van der Waals surface area (Å²) in [4.78, 5) is 39.7. The summed E-state index contributed by atoms with van der Waals surface area (Å²) in [5.41, 5.74) is -0.173. The topological polar surface area (TPSA) is 109 Å². The smallest absolute Gasteiger partial charge is 0.393 e. The number of carbonyl (C=O) groups is 2. The fourth-order valence-electron chi connectivity index (χ4n) is 4.27. The molecule has 4 rings (SSSR count). The molecule has 1 aliphatic heterocycles. The first-order valence-electron chi connectivity index (χ1n) is 11.6. The van der Waals surface area contributed by atoms with Crippen molar-refractivity contribution < 1.29 is 27.9 Å². The maximum absolute atomic E-state index is 13.3. The monoisotopic (exact) mass is 495 g/mol. The van der Waals surface area contributed by atoms with Gasteiger partial charge in [0.25, 0.3) is 11.5 Å². The van der Waals surface area contributed by atoms with Crippen molar-refractivity contribution >= 4 is 23.5 Å². The van der Waals surface area contributed by atoms with Gasteiger partial charge < -0.3 is 15.3 Å². The van der Waals surface area contributed by atoms with Gasteiger partial charge in [0, 0.05) is 37.3 Å². The molecular formula is C23H28F3N5O4. The average molecular weight is 496 g/mol. The second-order valence-electron chi connectivity index (χ2n) is 9.64. The molecule has 1 saturated carbocycles. The lowest BCUT2D eigenvalue weighted by Crippen LogP contribution is -2.36. The minimum absolute atomic E-state index is 0.000592. The zero-order chi connectivity index (χ0) is 25.7. The van der Waals surface area contributed by atoms with Crippen molar-refractivity contribution in [3.8, 4) is 5.88 Å². The summed E-state index contributed by atoms with van der Waals surface area (Å²) in [6.45, 7) is 5.18. The van der Waals surface area contributed by atoms with Crippen LogP contribution < -0.4 is 10.9 Å². The van der Waals surface area contributed by atoms with Gasteiger partial charge in [0.05, 0.1) is 11.6 Å². The molecule has 1 unspecified atom stereocenters. The van der Waals surface area contributed by atoms with Crippen molar-refractivity contribution in [1.82, 2.24) is 24.4 Å². The Morgan fingerprint density at radius 3 is 2.51 bits per heavy atom. The van der Waals surface area contributed by atoms with E-state index in [0.717, 1.165) is 28.3 Å². The first-order chi connectivity index (χ1) is 16.4. The number of aryl methyl sites for hydroxylation is 1. The SMILES string of the molecule is Cc1nn2c(O)c(C(=O)NC3CC3)c(=O)n(CC(C)C)c2c1C=CC(=O)N1CCC(C(F)(F)F)C1. The molecule has 35 heavy (non-hydrogen) atoms. The number of carbonyl (C=O) groups excluding carboxylic acids is 2. The molecule has 12 heteroatoms. The number of aromatic nitrogens is 3. The van der Waals surface area contributed by atoms with Crippen LogP contribution in [0.25, 0.3) is 11.7 Å². The quantitative estimate of drug-likeness (QED) is 0.599. The zero-order valence-corrected chi connectivity index (χ0v) is 19.7. The van der Waals surface area contributed by atoms with Gasteiger partial charge in [-0.05, 0) is 38.2 Å². The van der Waals surface area contributed by atoms with Gasteiger partial charge >= 0.3 is 6.18 Å². The normalized spacial score (nSPS) is 18.8. The first kappa shape index (κ1) is 24.8. The number of hydrogen-bond donors (Lipinski definition) is 2. The van der Waals surface area contributed by atoms with E-state index in [1.165, 1.54) is 10.6 Å². The molecule has 1 saturated heterocycles. The van der Waals surface area contributed by atoms with Crippen LogP contribution in [0.4, 0.5) is 13.2 Å². The Labute approximate surface area is 199 Å². The summed E-state index contributed by atoms with van der Waals surface area (Å²) in [5.74, 6) is -3.42. The van der Waals surface area contributed by atoms with Crippen LogP contribution in [0.3, 0.4) is 0 Å². The van der Waals surface area contributed by atoms with Crippen molar-refractivity contribution in [3.63, 3.8) is 0 Å². The Morgan fingerprint density at radius 1 is 1.26 bits per heavy atom. The van der Waals surface area contributed by atoms with E-state index in [1.807, 2.05) is 13.8 Å². The van der Waals surface area contributed by atoms with E-state index in [1.54, 1.807) is 6.92 Å². The lowest BCUT2D eigenvalue weighted by molar-refractivity contribution is -0.170. The predicted molar refractivity (Wildman–Crippen MR) is 121 cm³/mol. The highest BCUT2D eigenvalue weighted by atomic mass is 19.4. The van der Waals surface area contributed by atoms with Crippen LogP contribution in [-0.2, 0) is 11.3 Å². The molecule has 0 aromatic carbocycles. The standard InChI is InChI=1S/C23H28F3N5O4/c1-12(2)10-30-20-16(6-7-17(32)29-9-8-14(11-29)23(24,25)26)13(3)28-31(20)22(35)18(21(30)34)19(33)27-15-4-5-15/h6-7,12,14-15,35H,4-5,8-11H2,1-3H3,(H,27,33). The van der Waals surface area contributed by atoms with E-state index in [2.05, 4.69) is 10.4 Å². The molecule has 0 bridgehead atoms. The highest BCUT2D eigenvalue weighted by molar-refractivity contribution is 5.97. The maximum atomic E-state index is 13.3. The van der Waals surface area contributed by atoms with Gasteiger partial charge in [-0.2, -0.15) is 22.8 Å². The van der Waals surface area contributed by atoms with Gasteiger partial charge in [0.2, 0.25) is 11.8 Å². The molecule has 1 aliphatic carbocycles. The summed E-state index contributed by atoms with van der Waals surface area (Å²) in [6.07, 6.45) is -0.352. The third-order valence-electron chi connectivity index (χ3n) is 6.26. The van der Waals surface area contributed by atoms with Crippen molar-refractivity contribution in [2.45, 2.75) is 58.8 Å². The lowest BCUT2D eigenvalue weighted by Gasteiger charge is -2.16. The van der Waals surface area contributed by atoms with Crippen LogP contribution in [0.1, 0.15) is 54.7 Å². The van der Waals surface area contributed by atoms with Crippen LogP contribution in [-0.4, -0.2) is 61.3 Å². The molecule has 2 fully saturated rings. The average Bonchev–Trinajstić information content (AvgIpc) is 3.29. The van der Waals surface area contributed by atoms with Gasteiger partial charge in [-0.15, -0.1) is 0 Å². The molecule has 2 aromatic rings. The number of likely N-dealkylation sites (tertiary alicyclic amines) is 1. The second kappa shape index (κ2) is 9.04. The minimum Gasteiger partial charge on any atom is -0.492 e. The van der Waals surface area contributed by atoms with Gasteiger partial charge in [-0.25, -0.2) is 0 Å². The molecule has 2 aromatic heterocycles. The largest absolute Gasteiger partial charge is 0.492 e. The van der Waals surface area contributed by atoms with Gasteiger partial charge in [-0.3, -0.25) is 19.0 Å². The van der Waals surface area contributed by atoms with Crippen molar-refractivity contribution in [2.75, 3.05) is 13.1 Å². The molecule has 2 amide bonds. The van der Waals surface area contributed by atoms with Crippen LogP contribution >= 0.6 is 0 Å². The number of fused-ring (bicyclic) bond motifs is 1. The number of aromatic hydroxyl groups is 1. The molecule has 0 spiro atoms. The van der Waals surface area contributed by atoms with E-state index in [4.69, 9.17) is 0 Å². The Hall–Kier alpha value is -3.31. The summed E-state index contributed by atoms with van der Waals surface area (Å²) in [7, 11) is 0. The molecule has 3 heterocycles. The fourth-order valence-corrected chi connectivity index (χ4v) is 4.27. The highest BCUT2D eigenvalue weighted by Crippen LogP contribution is 2.33. The van der Waals surface area contributed by atoms with Crippen LogP contribution in [0.15, 0.2) is 10.9 Å². The van der Waals surface area contributed by atoms with Crippen LogP contribution in [0.5, 0.6) is 5.88 Å². The van der Waals surface area contributed by atoms with Gasteiger partial charge in [0.15, 0.2) is 5.56 Å². The predicted octanol–water partition coefficient (Wildman–Crippen LogP) is 2.48. The lowest BCUT2D eigenvalue weighted by atomic mass is 10.1. The molecular weight excluding hydrogens is 467 g/mol. The molecule has 0 radical (unpaired) electrons. The van der Waals surface area contributed by atoms with E-state index in [9.17, 15) is 32.7 Å². The minimum atomic E-state index is -4.36. The third kappa shape index (κ3) is 4.92. The number of rotatable bonds is 6. The van der Waals surface area contributed by atoms with E-state index in [-0.39, 0.29) is 37.1 Å². The summed E-state index contributed by atoms with van der Waals surface area (Å²) in [6, 6.07) is -0.0260. The van der Waals surface area contributed by atoms with E-state index >= 15 is 0 Å². The molecule has 2 N–H and O–H groups in total. The highest BCUT2D eigenvalue weighted by Gasteiger charge is 2.44. The third-order valence-corrected chi connectivity index (χ3v) is 6.26. The van der Waals surface area contributed by atoms with Gasteiger partial charge in [0.1, 0.15) is 5.65 Å². The second-order valence-corrected chi connectivity index (χ2v) is 9.64. The van der Waals surface area contributed by atoms with Crippen LogP contribution in [0, 0.1) is 18.8 Å². The molecule has 190 valence electrons. The molecule has 2 aliphatic rings. The first-order valence-corrected chi connectivity index (χ1v) is 11.6. The van der Waals surface area contributed by atoms with Crippen molar-refractivity contribution in [2.24, 2.45) is 11.8 Å². The number of amides is 2. The number of halogens is 3. The van der Waals surface area contributed by atoms with Gasteiger partial charge in [-0.1, -0.05) is 13.8 Å². The molecule has 9 nitrogen and oxygen atoms in total. The van der Waals surface area contributed by atoms with Crippen molar-refractivity contribution in [3.05, 3.63) is 33.3 Å². The van der Waals surface area contributed by atoms with E-state index in [0.29, 0.717) is 11.3 Å². The Morgan fingerprint density at radius 2 is 1.94 bits per heavy atom.